The van der Waals surface area contributed by atoms with Crippen molar-refractivity contribution in [2.24, 2.45) is 5.92 Å². The molecular weight excluding hydrogens is 341 g/mol. The van der Waals surface area contributed by atoms with Crippen molar-refractivity contribution >= 4 is 18.5 Å². The summed E-state index contributed by atoms with van der Waals surface area (Å²) in [6.07, 6.45) is 2.58. The predicted molar refractivity (Wildman–Crippen MR) is 107 cm³/mol. The van der Waals surface area contributed by atoms with Crippen LogP contribution in [0.1, 0.15) is 53.0 Å². The number of nitrogens with zero attached hydrogens (tertiary/aromatic N) is 1. The van der Waals surface area contributed by atoms with Crippen LogP contribution in [-0.2, 0) is 20.5 Å². The minimum atomic E-state index is -0.504. The lowest BCUT2D eigenvalue weighted by Gasteiger charge is -2.32. The summed E-state index contributed by atoms with van der Waals surface area (Å²) in [5.74, 6) is 1.62. The van der Waals surface area contributed by atoms with Crippen LogP contribution < -0.4 is 10.2 Å². The summed E-state index contributed by atoms with van der Waals surface area (Å²) in [4.78, 5) is 14.7. The number of carbonyl (C=O) groups is 1. The molecule has 0 N–H and O–H groups in total. The van der Waals surface area contributed by atoms with Crippen molar-refractivity contribution in [3.63, 3.8) is 0 Å². The number of likely N-dealkylation sites (tertiary alicyclic amines) is 1. The number of benzene rings is 1. The fourth-order valence-corrected chi connectivity index (χ4v) is 3.59. The molecule has 5 nitrogen and oxygen atoms in total. The number of hydrogen-bond acceptors (Lipinski definition) is 4. The Kier molecular flexibility index (Phi) is 5.60. The standard InChI is InChI=1S/C21H32BNO4/c1-15-9-11-23(12-10-15)19(24)14-16-7-8-18(25-6)17(13-16)22-26-20(2,3)21(4,5)27-22/h7-8,13,15H,9-12,14H2,1-6H3. The third-order valence-corrected chi connectivity index (χ3v) is 6.29. The van der Waals surface area contributed by atoms with E-state index >= 15 is 0 Å². The Bertz CT molecular complexity index is 679. The third kappa shape index (κ3) is 4.17. The molecule has 2 heterocycles. The third-order valence-electron chi connectivity index (χ3n) is 6.29. The van der Waals surface area contributed by atoms with Gasteiger partial charge in [0, 0.05) is 18.6 Å². The molecule has 6 heteroatoms. The molecule has 27 heavy (non-hydrogen) atoms. The van der Waals surface area contributed by atoms with Gasteiger partial charge in [0.1, 0.15) is 5.75 Å². The lowest BCUT2D eigenvalue weighted by Crippen LogP contribution is -2.41. The minimum Gasteiger partial charge on any atom is -0.497 e. The number of carbonyl (C=O) groups excluding carboxylic acids is 1. The van der Waals surface area contributed by atoms with E-state index in [4.69, 9.17) is 14.0 Å². The number of ether oxygens (including phenoxy) is 1. The Morgan fingerprint density at radius 1 is 1.19 bits per heavy atom. The topological polar surface area (TPSA) is 48.0 Å². The lowest BCUT2D eigenvalue weighted by atomic mass is 9.77. The van der Waals surface area contributed by atoms with Crippen molar-refractivity contribution in [3.8, 4) is 5.75 Å². The maximum Gasteiger partial charge on any atom is 0.498 e. The Balaban J connectivity index is 1.77. The van der Waals surface area contributed by atoms with Gasteiger partial charge in [-0.25, -0.2) is 0 Å². The lowest BCUT2D eigenvalue weighted by molar-refractivity contribution is -0.131. The van der Waals surface area contributed by atoms with Crippen LogP contribution in [-0.4, -0.2) is 49.3 Å². The molecule has 0 bridgehead atoms. The maximum atomic E-state index is 12.7. The van der Waals surface area contributed by atoms with E-state index in [-0.39, 0.29) is 5.91 Å². The number of hydrogen-bond donors (Lipinski definition) is 0. The second kappa shape index (κ2) is 7.48. The summed E-state index contributed by atoms with van der Waals surface area (Å²) in [6.45, 7) is 12.1. The second-order valence-electron chi connectivity index (χ2n) is 8.90. The molecule has 2 aliphatic heterocycles. The summed E-state index contributed by atoms with van der Waals surface area (Å²) >= 11 is 0. The monoisotopic (exact) mass is 373 g/mol. The van der Waals surface area contributed by atoms with Gasteiger partial charge in [-0.3, -0.25) is 4.79 Å². The highest BCUT2D eigenvalue weighted by molar-refractivity contribution is 6.63. The van der Waals surface area contributed by atoms with E-state index in [0.717, 1.165) is 42.7 Å². The van der Waals surface area contributed by atoms with Gasteiger partial charge in [0.2, 0.25) is 5.91 Å². The van der Waals surface area contributed by atoms with Crippen molar-refractivity contribution in [2.75, 3.05) is 20.2 Å². The zero-order valence-corrected chi connectivity index (χ0v) is 17.5. The number of rotatable bonds is 4. The molecule has 3 rings (SSSR count). The highest BCUT2D eigenvalue weighted by atomic mass is 16.7. The Morgan fingerprint density at radius 2 is 1.78 bits per heavy atom. The van der Waals surface area contributed by atoms with Crippen molar-refractivity contribution in [3.05, 3.63) is 23.8 Å². The summed E-state index contributed by atoms with van der Waals surface area (Å²) < 4.78 is 17.9. The quantitative estimate of drug-likeness (QED) is 0.762. The van der Waals surface area contributed by atoms with Crippen LogP contribution in [0.3, 0.4) is 0 Å². The molecule has 0 aromatic heterocycles. The van der Waals surface area contributed by atoms with E-state index in [1.54, 1.807) is 7.11 Å². The van der Waals surface area contributed by atoms with Gasteiger partial charge in [-0.05, 0) is 58.1 Å². The van der Waals surface area contributed by atoms with E-state index < -0.39 is 18.3 Å². The molecule has 0 atom stereocenters. The molecule has 2 fully saturated rings. The van der Waals surface area contributed by atoms with E-state index in [1.807, 2.05) is 50.8 Å². The molecule has 1 aromatic rings. The molecule has 2 aliphatic rings. The molecule has 1 amide bonds. The second-order valence-corrected chi connectivity index (χ2v) is 8.90. The van der Waals surface area contributed by atoms with Gasteiger partial charge in [-0.1, -0.05) is 19.1 Å². The van der Waals surface area contributed by atoms with Crippen molar-refractivity contribution < 1.29 is 18.8 Å². The fraction of sp³-hybridized carbons (Fsp3) is 0.667. The molecule has 0 spiro atoms. The SMILES string of the molecule is COc1ccc(CC(=O)N2CCC(C)CC2)cc1B1OC(C)(C)C(C)(C)O1. The average molecular weight is 373 g/mol. The molecule has 0 aliphatic carbocycles. The number of methoxy groups -OCH3 is 1. The highest BCUT2D eigenvalue weighted by Crippen LogP contribution is 2.37. The molecule has 2 saturated heterocycles. The average Bonchev–Trinajstić information content (AvgIpc) is 2.83. The first-order chi connectivity index (χ1) is 12.6. The van der Waals surface area contributed by atoms with Crippen molar-refractivity contribution in [1.29, 1.82) is 0 Å². The first-order valence-corrected chi connectivity index (χ1v) is 9.93. The van der Waals surface area contributed by atoms with E-state index in [2.05, 4.69) is 6.92 Å². The van der Waals surface area contributed by atoms with Gasteiger partial charge >= 0.3 is 7.12 Å². The first-order valence-electron chi connectivity index (χ1n) is 9.93. The first kappa shape index (κ1) is 20.2. The fourth-order valence-electron chi connectivity index (χ4n) is 3.59. The van der Waals surface area contributed by atoms with Gasteiger partial charge < -0.3 is 18.9 Å². The van der Waals surface area contributed by atoms with E-state index in [1.165, 1.54) is 0 Å². The van der Waals surface area contributed by atoms with Gasteiger partial charge in [0.05, 0.1) is 24.7 Å². The minimum absolute atomic E-state index is 0.187. The number of piperidine rings is 1. The largest absolute Gasteiger partial charge is 0.498 e. The van der Waals surface area contributed by atoms with E-state index in [9.17, 15) is 4.79 Å². The molecule has 0 unspecified atom stereocenters. The van der Waals surface area contributed by atoms with Crippen LogP contribution in [0.25, 0.3) is 0 Å². The van der Waals surface area contributed by atoms with Crippen LogP contribution in [0.5, 0.6) is 5.75 Å². The Morgan fingerprint density at radius 3 is 2.33 bits per heavy atom. The highest BCUT2D eigenvalue weighted by Gasteiger charge is 2.52. The van der Waals surface area contributed by atoms with Crippen LogP contribution >= 0.6 is 0 Å². The van der Waals surface area contributed by atoms with Gasteiger partial charge in [0.25, 0.3) is 0 Å². The molecule has 148 valence electrons. The van der Waals surface area contributed by atoms with Crippen LogP contribution in [0.2, 0.25) is 0 Å². The Hall–Kier alpha value is -1.53. The van der Waals surface area contributed by atoms with Crippen molar-refractivity contribution in [2.45, 2.75) is 65.1 Å². The smallest absolute Gasteiger partial charge is 0.497 e. The number of amides is 1. The van der Waals surface area contributed by atoms with Crippen LogP contribution in [0.4, 0.5) is 0 Å². The predicted octanol–water partition coefficient (Wildman–Crippen LogP) is 2.80. The summed E-state index contributed by atoms with van der Waals surface area (Å²) in [5.41, 5.74) is 0.968. The summed E-state index contributed by atoms with van der Waals surface area (Å²) in [7, 11) is 1.14. The normalized spacial score (nSPS) is 22.1. The zero-order chi connectivity index (χ0) is 19.8. The maximum absolute atomic E-state index is 12.7. The zero-order valence-electron chi connectivity index (χ0n) is 17.5. The van der Waals surface area contributed by atoms with Crippen LogP contribution in [0, 0.1) is 5.92 Å². The summed E-state index contributed by atoms with van der Waals surface area (Å²) in [6, 6.07) is 5.85. The van der Waals surface area contributed by atoms with E-state index in [0.29, 0.717) is 12.3 Å². The molecule has 1 aromatic carbocycles. The summed E-state index contributed by atoms with van der Waals surface area (Å²) in [5, 5.41) is 0. The van der Waals surface area contributed by atoms with Crippen LogP contribution in [0.15, 0.2) is 18.2 Å². The van der Waals surface area contributed by atoms with Gasteiger partial charge in [-0.2, -0.15) is 0 Å². The molecular formula is C21H32BNO4. The van der Waals surface area contributed by atoms with Gasteiger partial charge in [0.15, 0.2) is 0 Å². The molecule has 0 radical (unpaired) electrons. The van der Waals surface area contributed by atoms with Gasteiger partial charge in [-0.15, -0.1) is 0 Å². The van der Waals surface area contributed by atoms with Crippen molar-refractivity contribution in [1.82, 2.24) is 4.90 Å². The molecule has 0 saturated carbocycles. The Labute approximate surface area is 163 Å².